The molecule has 0 aliphatic carbocycles. The first kappa shape index (κ1) is 18.0. The van der Waals surface area contributed by atoms with E-state index in [2.05, 4.69) is 15.0 Å². The van der Waals surface area contributed by atoms with Crippen LogP contribution in [0.2, 0.25) is 10.0 Å². The third-order valence-corrected chi connectivity index (χ3v) is 4.99. The van der Waals surface area contributed by atoms with Crippen molar-refractivity contribution in [1.29, 1.82) is 0 Å². The monoisotopic (exact) mass is 399 g/mol. The lowest BCUT2D eigenvalue weighted by Crippen LogP contribution is -2.01. The number of nitrogens with one attached hydrogen (secondary N) is 1. The number of hydrogen-bond donors (Lipinski definition) is 1. The SMILES string of the molecule is Fc1nc(CCc2ccc(Cl)cc2)ccc1Cc1c[nH]c2ncc(Cl)cc12. The number of rotatable bonds is 5. The number of aromatic amines is 1. The zero-order valence-corrected chi connectivity index (χ0v) is 15.9. The average molecular weight is 400 g/mol. The number of aryl methyl sites for hydroxylation is 2. The highest BCUT2D eigenvalue weighted by Crippen LogP contribution is 2.23. The Bertz CT molecular complexity index is 1090. The molecule has 0 saturated heterocycles. The number of aromatic nitrogens is 3. The van der Waals surface area contributed by atoms with Crippen LogP contribution in [0.5, 0.6) is 0 Å². The lowest BCUT2D eigenvalue weighted by molar-refractivity contribution is 0.563. The quantitative estimate of drug-likeness (QED) is 0.432. The van der Waals surface area contributed by atoms with Crippen LogP contribution >= 0.6 is 23.2 Å². The molecule has 4 aromatic rings. The molecular formula is C21H16Cl2FN3. The van der Waals surface area contributed by atoms with Gasteiger partial charge in [-0.1, -0.05) is 41.4 Å². The molecule has 3 aromatic heterocycles. The molecule has 1 aromatic carbocycles. The average Bonchev–Trinajstić information content (AvgIpc) is 3.05. The van der Waals surface area contributed by atoms with E-state index in [1.165, 1.54) is 0 Å². The van der Waals surface area contributed by atoms with Gasteiger partial charge in [-0.05, 0) is 48.2 Å². The Kier molecular flexibility index (Phi) is 5.10. The molecule has 3 nitrogen and oxygen atoms in total. The van der Waals surface area contributed by atoms with Gasteiger partial charge in [0.25, 0.3) is 0 Å². The topological polar surface area (TPSA) is 41.6 Å². The summed E-state index contributed by atoms with van der Waals surface area (Å²) in [6.45, 7) is 0. The van der Waals surface area contributed by atoms with Crippen LogP contribution in [0.25, 0.3) is 11.0 Å². The largest absolute Gasteiger partial charge is 0.346 e. The van der Waals surface area contributed by atoms with Crippen LogP contribution in [0.3, 0.4) is 0 Å². The normalized spacial score (nSPS) is 11.2. The predicted molar refractivity (Wildman–Crippen MR) is 107 cm³/mol. The van der Waals surface area contributed by atoms with Gasteiger partial charge in [-0.25, -0.2) is 9.97 Å². The third kappa shape index (κ3) is 4.12. The fourth-order valence-electron chi connectivity index (χ4n) is 3.08. The fourth-order valence-corrected chi connectivity index (χ4v) is 3.36. The Morgan fingerprint density at radius 3 is 2.52 bits per heavy atom. The van der Waals surface area contributed by atoms with E-state index in [4.69, 9.17) is 23.2 Å². The van der Waals surface area contributed by atoms with Gasteiger partial charge in [0.2, 0.25) is 5.95 Å². The molecule has 136 valence electrons. The summed E-state index contributed by atoms with van der Waals surface area (Å²) in [5, 5.41) is 2.16. The van der Waals surface area contributed by atoms with Gasteiger partial charge in [0.1, 0.15) is 5.65 Å². The second-order valence-electron chi connectivity index (χ2n) is 6.42. The predicted octanol–water partition coefficient (Wildman–Crippen LogP) is 5.78. The minimum absolute atomic E-state index is 0.429. The maximum atomic E-state index is 14.5. The summed E-state index contributed by atoms with van der Waals surface area (Å²) in [6.07, 6.45) is 5.31. The van der Waals surface area contributed by atoms with Gasteiger partial charge in [-0.15, -0.1) is 0 Å². The number of halogens is 3. The Balaban J connectivity index is 1.49. The molecule has 0 amide bonds. The Morgan fingerprint density at radius 1 is 0.926 bits per heavy atom. The number of nitrogens with zero attached hydrogens (tertiary/aromatic N) is 2. The highest BCUT2D eigenvalue weighted by molar-refractivity contribution is 6.31. The molecule has 0 fully saturated rings. The molecule has 0 spiro atoms. The van der Waals surface area contributed by atoms with E-state index < -0.39 is 5.95 Å². The molecule has 1 N–H and O–H groups in total. The van der Waals surface area contributed by atoms with Crippen molar-refractivity contribution in [3.63, 3.8) is 0 Å². The molecular weight excluding hydrogens is 384 g/mol. The molecule has 0 saturated carbocycles. The van der Waals surface area contributed by atoms with Crippen LogP contribution in [-0.2, 0) is 19.3 Å². The van der Waals surface area contributed by atoms with Crippen molar-refractivity contribution < 1.29 is 4.39 Å². The number of fused-ring (bicyclic) bond motifs is 1. The highest BCUT2D eigenvalue weighted by atomic mass is 35.5. The van der Waals surface area contributed by atoms with E-state index in [9.17, 15) is 4.39 Å². The van der Waals surface area contributed by atoms with Crippen molar-refractivity contribution in [2.75, 3.05) is 0 Å². The van der Waals surface area contributed by atoms with E-state index in [0.29, 0.717) is 28.5 Å². The summed E-state index contributed by atoms with van der Waals surface area (Å²) in [5.74, 6) is -0.437. The standard InChI is InChI=1S/C21H16Cl2FN3/c22-16-5-1-13(2-6-16)3-7-18-8-4-14(20(24)27-18)9-15-11-25-21-19(15)10-17(23)12-26-21/h1-2,4-6,8,10-12H,3,7,9H2,(H,25,26). The maximum Gasteiger partial charge on any atom is 0.216 e. The van der Waals surface area contributed by atoms with E-state index in [1.54, 1.807) is 12.3 Å². The third-order valence-electron chi connectivity index (χ3n) is 4.53. The summed E-state index contributed by atoms with van der Waals surface area (Å²) >= 11 is 11.9. The van der Waals surface area contributed by atoms with Gasteiger partial charge < -0.3 is 4.98 Å². The molecule has 4 rings (SSSR count). The van der Waals surface area contributed by atoms with Gasteiger partial charge in [0.15, 0.2) is 0 Å². The van der Waals surface area contributed by atoms with Crippen LogP contribution in [0.4, 0.5) is 4.39 Å². The maximum absolute atomic E-state index is 14.5. The van der Waals surface area contributed by atoms with Crippen molar-refractivity contribution in [2.45, 2.75) is 19.3 Å². The molecule has 6 heteroatoms. The second-order valence-corrected chi connectivity index (χ2v) is 7.29. The molecule has 0 unspecified atom stereocenters. The highest BCUT2D eigenvalue weighted by Gasteiger charge is 2.11. The molecule has 3 heterocycles. The van der Waals surface area contributed by atoms with Crippen LogP contribution < -0.4 is 0 Å². The summed E-state index contributed by atoms with van der Waals surface area (Å²) in [6, 6.07) is 13.2. The number of pyridine rings is 2. The minimum atomic E-state index is -0.437. The van der Waals surface area contributed by atoms with Crippen LogP contribution in [-0.4, -0.2) is 15.0 Å². The van der Waals surface area contributed by atoms with Gasteiger partial charge in [-0.3, -0.25) is 0 Å². The Hall–Kier alpha value is -2.43. The first-order valence-electron chi connectivity index (χ1n) is 8.59. The summed E-state index contributed by atoms with van der Waals surface area (Å²) < 4.78 is 14.5. The lowest BCUT2D eigenvalue weighted by atomic mass is 10.0. The van der Waals surface area contributed by atoms with Gasteiger partial charge in [-0.2, -0.15) is 4.39 Å². The summed E-state index contributed by atoms with van der Waals surface area (Å²) in [5.41, 5.74) is 4.10. The molecule has 0 atom stereocenters. The van der Waals surface area contributed by atoms with Crippen LogP contribution in [0.15, 0.2) is 54.9 Å². The molecule has 0 aliphatic rings. The second kappa shape index (κ2) is 7.67. The van der Waals surface area contributed by atoms with E-state index in [1.807, 2.05) is 42.6 Å². The summed E-state index contributed by atoms with van der Waals surface area (Å²) in [7, 11) is 0. The molecule has 0 bridgehead atoms. The van der Waals surface area contributed by atoms with Gasteiger partial charge >= 0.3 is 0 Å². The zero-order valence-electron chi connectivity index (χ0n) is 14.3. The molecule has 27 heavy (non-hydrogen) atoms. The number of hydrogen-bond acceptors (Lipinski definition) is 2. The number of H-pyrrole nitrogens is 1. The minimum Gasteiger partial charge on any atom is -0.346 e. The molecule has 0 aliphatic heterocycles. The van der Waals surface area contributed by atoms with Crippen molar-refractivity contribution in [3.8, 4) is 0 Å². The van der Waals surface area contributed by atoms with Crippen LogP contribution in [0, 0.1) is 5.95 Å². The van der Waals surface area contributed by atoms with Crippen LogP contribution in [0.1, 0.15) is 22.4 Å². The van der Waals surface area contributed by atoms with Crippen molar-refractivity contribution in [3.05, 3.63) is 93.2 Å². The lowest BCUT2D eigenvalue weighted by Gasteiger charge is -2.06. The van der Waals surface area contributed by atoms with E-state index in [0.717, 1.165) is 34.3 Å². The van der Waals surface area contributed by atoms with Crippen molar-refractivity contribution in [1.82, 2.24) is 15.0 Å². The zero-order chi connectivity index (χ0) is 18.8. The smallest absolute Gasteiger partial charge is 0.216 e. The van der Waals surface area contributed by atoms with Gasteiger partial charge in [0, 0.05) is 40.5 Å². The first-order chi connectivity index (χ1) is 13.1. The van der Waals surface area contributed by atoms with Crippen molar-refractivity contribution in [2.24, 2.45) is 0 Å². The molecule has 0 radical (unpaired) electrons. The van der Waals surface area contributed by atoms with Gasteiger partial charge in [0.05, 0.1) is 5.02 Å². The van der Waals surface area contributed by atoms with E-state index in [-0.39, 0.29) is 0 Å². The van der Waals surface area contributed by atoms with Crippen molar-refractivity contribution >= 4 is 34.2 Å². The Labute approximate surface area is 166 Å². The van der Waals surface area contributed by atoms with E-state index >= 15 is 0 Å². The Morgan fingerprint density at radius 2 is 1.74 bits per heavy atom. The number of benzene rings is 1. The first-order valence-corrected chi connectivity index (χ1v) is 9.34. The summed E-state index contributed by atoms with van der Waals surface area (Å²) in [4.78, 5) is 11.5. The fraction of sp³-hybridized carbons (Fsp3) is 0.143.